The number of piperidine rings is 2. The minimum absolute atomic E-state index is 0.0222. The first-order valence-electron chi connectivity index (χ1n) is 11.4. The Morgan fingerprint density at radius 3 is 2.31 bits per heavy atom. The number of carbonyl (C=O) groups is 2. The molecule has 160 valence electrons. The van der Waals surface area contributed by atoms with E-state index in [-0.39, 0.29) is 11.8 Å². The molecule has 3 rings (SSSR count). The van der Waals surface area contributed by atoms with Gasteiger partial charge in [-0.15, -0.1) is 0 Å². The molecule has 0 spiro atoms. The molecule has 5 nitrogen and oxygen atoms in total. The van der Waals surface area contributed by atoms with Crippen LogP contribution in [0.1, 0.15) is 73.1 Å². The van der Waals surface area contributed by atoms with Crippen molar-refractivity contribution in [1.29, 1.82) is 0 Å². The van der Waals surface area contributed by atoms with Gasteiger partial charge < -0.3 is 9.80 Å². The summed E-state index contributed by atoms with van der Waals surface area (Å²) in [4.78, 5) is 31.8. The molecule has 0 saturated carbocycles. The summed E-state index contributed by atoms with van der Waals surface area (Å²) in [6, 6.07) is 7.82. The van der Waals surface area contributed by atoms with E-state index in [9.17, 15) is 9.59 Å². The predicted octanol–water partition coefficient (Wildman–Crippen LogP) is 3.90. The third-order valence-electron chi connectivity index (χ3n) is 6.53. The Labute approximate surface area is 176 Å². The molecule has 0 radical (unpaired) electrons. The zero-order valence-electron chi connectivity index (χ0n) is 18.4. The number of benzene rings is 1. The van der Waals surface area contributed by atoms with Crippen LogP contribution in [0.25, 0.3) is 0 Å². The Kier molecular flexibility index (Phi) is 7.70. The van der Waals surface area contributed by atoms with Crippen molar-refractivity contribution >= 4 is 11.8 Å². The van der Waals surface area contributed by atoms with Gasteiger partial charge in [-0.1, -0.05) is 20.3 Å². The molecule has 0 aliphatic carbocycles. The molecule has 29 heavy (non-hydrogen) atoms. The summed E-state index contributed by atoms with van der Waals surface area (Å²) in [5.74, 6) is 0.911. The van der Waals surface area contributed by atoms with Gasteiger partial charge in [0.15, 0.2) is 0 Å². The normalized spacial score (nSPS) is 21.2. The van der Waals surface area contributed by atoms with Crippen LogP contribution in [0, 0.1) is 5.92 Å². The Morgan fingerprint density at radius 1 is 1.03 bits per heavy atom. The van der Waals surface area contributed by atoms with E-state index in [1.807, 2.05) is 24.1 Å². The largest absolute Gasteiger partial charge is 0.342 e. The highest BCUT2D eigenvalue weighted by atomic mass is 16.2. The third-order valence-corrected chi connectivity index (χ3v) is 6.53. The minimum atomic E-state index is 0.0222. The van der Waals surface area contributed by atoms with Crippen LogP contribution >= 0.6 is 0 Å². The standard InChI is InChI=1S/C24H37N3O2/c1-4-5-14-25(3)23(28)20-8-10-21(11-9-20)24(29)26-16-12-22(13-17-26)27-15-6-7-19(2)18-27/h8-11,19,22H,4-7,12-18H2,1-3H3. The van der Waals surface area contributed by atoms with Crippen molar-refractivity contribution < 1.29 is 9.59 Å². The fourth-order valence-electron chi connectivity index (χ4n) is 4.65. The summed E-state index contributed by atoms with van der Waals surface area (Å²) in [6.45, 7) is 9.31. The zero-order valence-corrected chi connectivity index (χ0v) is 18.4. The van der Waals surface area contributed by atoms with Gasteiger partial charge in [-0.25, -0.2) is 0 Å². The van der Waals surface area contributed by atoms with Crippen LogP contribution in [-0.2, 0) is 0 Å². The molecular formula is C24H37N3O2. The Hall–Kier alpha value is -1.88. The quantitative estimate of drug-likeness (QED) is 0.729. The van der Waals surface area contributed by atoms with Crippen LogP contribution in [0.4, 0.5) is 0 Å². The Bertz CT molecular complexity index is 680. The van der Waals surface area contributed by atoms with Gasteiger partial charge in [0.1, 0.15) is 0 Å². The van der Waals surface area contributed by atoms with Crippen LogP contribution < -0.4 is 0 Å². The van der Waals surface area contributed by atoms with Crippen LogP contribution in [0.3, 0.4) is 0 Å². The van der Waals surface area contributed by atoms with Gasteiger partial charge in [-0.05, 0) is 68.8 Å². The van der Waals surface area contributed by atoms with Gasteiger partial charge in [-0.2, -0.15) is 0 Å². The second-order valence-electron chi connectivity index (χ2n) is 8.92. The van der Waals surface area contributed by atoms with Gasteiger partial charge in [0.2, 0.25) is 0 Å². The van der Waals surface area contributed by atoms with E-state index in [0.717, 1.165) is 51.2 Å². The molecule has 0 bridgehead atoms. The van der Waals surface area contributed by atoms with Crippen molar-refractivity contribution in [3.63, 3.8) is 0 Å². The first kappa shape index (κ1) is 21.8. The van der Waals surface area contributed by atoms with Crippen molar-refractivity contribution in [3.05, 3.63) is 35.4 Å². The molecule has 2 saturated heterocycles. The summed E-state index contributed by atoms with van der Waals surface area (Å²) in [5.41, 5.74) is 1.33. The van der Waals surface area contributed by atoms with Crippen molar-refractivity contribution in [3.8, 4) is 0 Å². The number of likely N-dealkylation sites (tertiary alicyclic amines) is 2. The maximum atomic E-state index is 12.9. The minimum Gasteiger partial charge on any atom is -0.342 e. The lowest BCUT2D eigenvalue weighted by atomic mass is 9.95. The van der Waals surface area contributed by atoms with Crippen LogP contribution in [0.2, 0.25) is 0 Å². The van der Waals surface area contributed by atoms with Crippen LogP contribution in [0.15, 0.2) is 24.3 Å². The number of hydrogen-bond donors (Lipinski definition) is 0. The number of nitrogens with zero attached hydrogens (tertiary/aromatic N) is 3. The van der Waals surface area contributed by atoms with Crippen LogP contribution in [0.5, 0.6) is 0 Å². The van der Waals surface area contributed by atoms with Crippen molar-refractivity contribution in [2.45, 2.75) is 58.4 Å². The van der Waals surface area contributed by atoms with Crippen molar-refractivity contribution in [2.24, 2.45) is 5.92 Å². The molecule has 1 atom stereocenters. The summed E-state index contributed by atoms with van der Waals surface area (Å²) in [5, 5.41) is 0. The fraction of sp³-hybridized carbons (Fsp3) is 0.667. The average Bonchev–Trinajstić information content (AvgIpc) is 2.76. The molecule has 2 aliphatic heterocycles. The SMILES string of the molecule is CCCCN(C)C(=O)c1ccc(C(=O)N2CCC(N3CCCC(C)C3)CC2)cc1. The molecule has 2 fully saturated rings. The number of hydrogen-bond acceptors (Lipinski definition) is 3. The summed E-state index contributed by atoms with van der Waals surface area (Å²) < 4.78 is 0. The molecule has 0 N–H and O–H groups in total. The van der Waals surface area contributed by atoms with Gasteiger partial charge >= 0.3 is 0 Å². The molecule has 1 unspecified atom stereocenters. The Balaban J connectivity index is 1.52. The molecule has 0 aromatic heterocycles. The summed E-state index contributed by atoms with van der Waals surface area (Å²) in [7, 11) is 1.84. The van der Waals surface area contributed by atoms with E-state index in [1.54, 1.807) is 17.0 Å². The van der Waals surface area contributed by atoms with E-state index < -0.39 is 0 Å². The Morgan fingerprint density at radius 2 is 1.69 bits per heavy atom. The lowest BCUT2D eigenvalue weighted by molar-refractivity contribution is 0.0541. The maximum Gasteiger partial charge on any atom is 0.253 e. The fourth-order valence-corrected chi connectivity index (χ4v) is 4.65. The van der Waals surface area contributed by atoms with Gasteiger partial charge in [0.05, 0.1) is 0 Å². The molecule has 1 aromatic carbocycles. The molecule has 5 heteroatoms. The number of amides is 2. The summed E-state index contributed by atoms with van der Waals surface area (Å²) in [6.07, 6.45) is 6.86. The number of rotatable bonds is 6. The predicted molar refractivity (Wildman–Crippen MR) is 117 cm³/mol. The monoisotopic (exact) mass is 399 g/mol. The maximum absolute atomic E-state index is 12.9. The van der Waals surface area contributed by atoms with Gasteiger partial charge in [-0.3, -0.25) is 14.5 Å². The molecular weight excluding hydrogens is 362 g/mol. The number of unbranched alkanes of at least 4 members (excludes halogenated alkanes) is 1. The molecule has 2 aliphatic rings. The van der Waals surface area contributed by atoms with E-state index in [0.29, 0.717) is 17.2 Å². The lowest BCUT2D eigenvalue weighted by Gasteiger charge is -2.41. The van der Waals surface area contributed by atoms with E-state index in [4.69, 9.17) is 0 Å². The first-order valence-corrected chi connectivity index (χ1v) is 11.4. The second kappa shape index (κ2) is 10.2. The van der Waals surface area contributed by atoms with E-state index in [2.05, 4.69) is 18.7 Å². The highest BCUT2D eigenvalue weighted by molar-refractivity contribution is 5.97. The molecule has 2 amide bonds. The first-order chi connectivity index (χ1) is 14.0. The van der Waals surface area contributed by atoms with Crippen molar-refractivity contribution in [2.75, 3.05) is 39.8 Å². The number of carbonyl (C=O) groups excluding carboxylic acids is 2. The van der Waals surface area contributed by atoms with Crippen LogP contribution in [-0.4, -0.2) is 72.3 Å². The van der Waals surface area contributed by atoms with Gasteiger partial charge in [0, 0.05) is 50.4 Å². The van der Waals surface area contributed by atoms with E-state index in [1.165, 1.54) is 25.9 Å². The molecule has 1 aromatic rings. The average molecular weight is 400 g/mol. The molecule has 2 heterocycles. The third kappa shape index (κ3) is 5.59. The van der Waals surface area contributed by atoms with Crippen molar-refractivity contribution in [1.82, 2.24) is 14.7 Å². The lowest BCUT2D eigenvalue weighted by Crippen LogP contribution is -2.49. The second-order valence-corrected chi connectivity index (χ2v) is 8.92. The highest BCUT2D eigenvalue weighted by Gasteiger charge is 2.29. The smallest absolute Gasteiger partial charge is 0.253 e. The highest BCUT2D eigenvalue weighted by Crippen LogP contribution is 2.24. The van der Waals surface area contributed by atoms with E-state index >= 15 is 0 Å². The topological polar surface area (TPSA) is 43.9 Å². The van der Waals surface area contributed by atoms with Gasteiger partial charge in [0.25, 0.3) is 11.8 Å². The summed E-state index contributed by atoms with van der Waals surface area (Å²) >= 11 is 0. The zero-order chi connectivity index (χ0) is 20.8.